The molecule has 0 radical (unpaired) electrons. The first-order valence-corrected chi connectivity index (χ1v) is 7.77. The second-order valence-electron chi connectivity index (χ2n) is 5.70. The van der Waals surface area contributed by atoms with E-state index in [4.69, 9.17) is 14.0 Å². The highest BCUT2D eigenvalue weighted by Crippen LogP contribution is 2.28. The lowest BCUT2D eigenvalue weighted by Gasteiger charge is -2.32. The molecule has 2 fully saturated rings. The monoisotopic (exact) mass is 301 g/mol. The average molecular weight is 301 g/mol. The Morgan fingerprint density at radius 1 is 1.00 bits per heavy atom. The number of piperidine rings is 1. The fraction of sp³-hybridized carbons (Fsp3) is 0.500. The topological polar surface area (TPSA) is 60.6 Å². The highest BCUT2D eigenvalue weighted by molar-refractivity contribution is 5.54. The van der Waals surface area contributed by atoms with E-state index in [1.807, 2.05) is 30.3 Å². The molecule has 2 aromatic rings. The smallest absolute Gasteiger partial charge is 0.266 e. The second-order valence-corrected chi connectivity index (χ2v) is 5.70. The Bertz CT molecular complexity index is 602. The zero-order chi connectivity index (χ0) is 14.8. The molecule has 0 spiro atoms. The summed E-state index contributed by atoms with van der Waals surface area (Å²) < 4.78 is 16.6. The Morgan fingerprint density at radius 3 is 2.45 bits per heavy atom. The molecule has 6 heteroatoms. The summed E-state index contributed by atoms with van der Waals surface area (Å²) in [7, 11) is 0. The lowest BCUT2D eigenvalue weighted by atomic mass is 9.96. The van der Waals surface area contributed by atoms with Gasteiger partial charge in [0.2, 0.25) is 0 Å². The molecule has 116 valence electrons. The van der Waals surface area contributed by atoms with Crippen molar-refractivity contribution in [3.05, 3.63) is 30.3 Å². The summed E-state index contributed by atoms with van der Waals surface area (Å²) in [4.78, 5) is 6.68. The predicted molar refractivity (Wildman–Crippen MR) is 80.4 cm³/mol. The van der Waals surface area contributed by atoms with Crippen LogP contribution in [0.4, 0.5) is 5.95 Å². The average Bonchev–Trinajstić information content (AvgIpc) is 3.28. The molecule has 1 aromatic heterocycles. The van der Waals surface area contributed by atoms with Crippen molar-refractivity contribution in [1.29, 1.82) is 0 Å². The van der Waals surface area contributed by atoms with E-state index in [1.165, 1.54) is 0 Å². The van der Waals surface area contributed by atoms with E-state index >= 15 is 0 Å². The van der Waals surface area contributed by atoms with Crippen molar-refractivity contribution >= 4 is 5.95 Å². The summed E-state index contributed by atoms with van der Waals surface area (Å²) in [5, 5.41) is 4.12. The van der Waals surface area contributed by atoms with Crippen LogP contribution in [-0.2, 0) is 9.47 Å². The van der Waals surface area contributed by atoms with Crippen LogP contribution in [0.2, 0.25) is 0 Å². The number of benzene rings is 1. The molecule has 22 heavy (non-hydrogen) atoms. The molecule has 0 saturated carbocycles. The van der Waals surface area contributed by atoms with Gasteiger partial charge in [-0.3, -0.25) is 0 Å². The number of anilines is 1. The maximum absolute atomic E-state index is 5.60. The van der Waals surface area contributed by atoms with E-state index in [-0.39, 0.29) is 6.29 Å². The lowest BCUT2D eigenvalue weighted by Crippen LogP contribution is -2.38. The van der Waals surface area contributed by atoms with Gasteiger partial charge in [-0.25, -0.2) is 0 Å². The van der Waals surface area contributed by atoms with Gasteiger partial charge in [0.1, 0.15) is 0 Å². The van der Waals surface area contributed by atoms with Gasteiger partial charge >= 0.3 is 0 Å². The third-order valence-corrected chi connectivity index (χ3v) is 4.29. The number of rotatable bonds is 3. The molecule has 0 aliphatic carbocycles. The van der Waals surface area contributed by atoms with Gasteiger partial charge in [-0.2, -0.15) is 4.98 Å². The molecule has 0 bridgehead atoms. The molecule has 3 heterocycles. The summed E-state index contributed by atoms with van der Waals surface area (Å²) in [5.41, 5.74) is 0.948. The van der Waals surface area contributed by atoms with Gasteiger partial charge in [0.15, 0.2) is 6.29 Å². The van der Waals surface area contributed by atoms with Crippen LogP contribution in [-0.4, -0.2) is 42.7 Å². The first-order valence-electron chi connectivity index (χ1n) is 7.77. The van der Waals surface area contributed by atoms with Gasteiger partial charge in [-0.1, -0.05) is 18.2 Å². The van der Waals surface area contributed by atoms with Crippen LogP contribution >= 0.6 is 0 Å². The fourth-order valence-electron chi connectivity index (χ4n) is 3.06. The summed E-state index contributed by atoms with van der Waals surface area (Å²) >= 11 is 0. The standard InChI is InChI=1S/C16H19N3O3/c1-2-4-12(5-3-1)14-17-16(18-22-14)19-8-6-13(7-9-19)15-20-10-11-21-15/h1-5,13,15H,6-11H2. The third kappa shape index (κ3) is 2.71. The van der Waals surface area contributed by atoms with Crippen LogP contribution in [0.25, 0.3) is 11.5 Å². The molecule has 2 saturated heterocycles. The third-order valence-electron chi connectivity index (χ3n) is 4.29. The molecule has 2 aliphatic heterocycles. The van der Waals surface area contributed by atoms with Crippen molar-refractivity contribution in [3.8, 4) is 11.5 Å². The molecule has 2 aliphatic rings. The van der Waals surface area contributed by atoms with E-state index in [0.717, 1.165) is 44.7 Å². The number of nitrogens with zero attached hydrogens (tertiary/aromatic N) is 3. The Morgan fingerprint density at radius 2 is 1.73 bits per heavy atom. The first-order chi connectivity index (χ1) is 10.9. The van der Waals surface area contributed by atoms with Crippen LogP contribution in [0.15, 0.2) is 34.9 Å². The van der Waals surface area contributed by atoms with Crippen LogP contribution in [0.5, 0.6) is 0 Å². The van der Waals surface area contributed by atoms with Crippen molar-refractivity contribution in [1.82, 2.24) is 10.1 Å². The summed E-state index contributed by atoms with van der Waals surface area (Å²) in [6.45, 7) is 3.25. The highest BCUT2D eigenvalue weighted by atomic mass is 16.7. The minimum absolute atomic E-state index is 0.0210. The maximum Gasteiger partial charge on any atom is 0.266 e. The largest absolute Gasteiger partial charge is 0.350 e. The minimum atomic E-state index is -0.0210. The van der Waals surface area contributed by atoms with Crippen molar-refractivity contribution in [2.45, 2.75) is 19.1 Å². The molecular weight excluding hydrogens is 282 g/mol. The number of hydrogen-bond acceptors (Lipinski definition) is 6. The predicted octanol–water partition coefficient (Wildman–Crippen LogP) is 2.33. The molecule has 0 N–H and O–H groups in total. The normalized spacial score (nSPS) is 20.6. The Balaban J connectivity index is 1.40. The quantitative estimate of drug-likeness (QED) is 0.867. The van der Waals surface area contributed by atoms with Crippen molar-refractivity contribution < 1.29 is 14.0 Å². The van der Waals surface area contributed by atoms with Gasteiger partial charge in [0.25, 0.3) is 11.8 Å². The Kier molecular flexibility index (Phi) is 3.78. The van der Waals surface area contributed by atoms with Crippen molar-refractivity contribution in [3.63, 3.8) is 0 Å². The maximum atomic E-state index is 5.60. The number of hydrogen-bond donors (Lipinski definition) is 0. The summed E-state index contributed by atoms with van der Waals surface area (Å²) in [6.07, 6.45) is 2.03. The van der Waals surface area contributed by atoms with E-state index < -0.39 is 0 Å². The first kappa shape index (κ1) is 13.7. The molecule has 0 unspecified atom stereocenters. The number of aromatic nitrogens is 2. The van der Waals surface area contributed by atoms with Gasteiger partial charge < -0.3 is 18.9 Å². The second kappa shape index (κ2) is 6.06. The summed E-state index contributed by atoms with van der Waals surface area (Å²) in [6, 6.07) is 9.84. The van der Waals surface area contributed by atoms with Crippen LogP contribution in [0.1, 0.15) is 12.8 Å². The molecule has 0 atom stereocenters. The van der Waals surface area contributed by atoms with E-state index in [2.05, 4.69) is 15.0 Å². The molecule has 0 amide bonds. The van der Waals surface area contributed by atoms with Crippen LogP contribution in [0.3, 0.4) is 0 Å². The zero-order valence-corrected chi connectivity index (χ0v) is 12.4. The van der Waals surface area contributed by atoms with Crippen LogP contribution < -0.4 is 4.90 Å². The van der Waals surface area contributed by atoms with Crippen molar-refractivity contribution in [2.24, 2.45) is 5.92 Å². The molecule has 4 rings (SSSR count). The van der Waals surface area contributed by atoms with Gasteiger partial charge in [-0.05, 0) is 30.1 Å². The summed E-state index contributed by atoms with van der Waals surface area (Å²) in [5.74, 6) is 1.71. The Labute approximate surface area is 129 Å². The van der Waals surface area contributed by atoms with E-state index in [0.29, 0.717) is 17.8 Å². The van der Waals surface area contributed by atoms with Gasteiger partial charge in [-0.15, -0.1) is 0 Å². The van der Waals surface area contributed by atoms with E-state index in [1.54, 1.807) is 0 Å². The molecule has 6 nitrogen and oxygen atoms in total. The number of ether oxygens (including phenoxy) is 2. The van der Waals surface area contributed by atoms with E-state index in [9.17, 15) is 0 Å². The minimum Gasteiger partial charge on any atom is -0.350 e. The SMILES string of the molecule is c1ccc(-c2nc(N3CCC(C4OCCO4)CC3)no2)cc1. The zero-order valence-electron chi connectivity index (χ0n) is 12.4. The van der Waals surface area contributed by atoms with Crippen molar-refractivity contribution in [2.75, 3.05) is 31.2 Å². The van der Waals surface area contributed by atoms with Gasteiger partial charge in [0.05, 0.1) is 13.2 Å². The molecular formula is C16H19N3O3. The van der Waals surface area contributed by atoms with Crippen LogP contribution in [0, 0.1) is 5.92 Å². The fourth-order valence-corrected chi connectivity index (χ4v) is 3.06. The highest BCUT2D eigenvalue weighted by Gasteiger charge is 2.31. The van der Waals surface area contributed by atoms with Gasteiger partial charge in [0, 0.05) is 24.6 Å². The molecule has 1 aromatic carbocycles. The Hall–Kier alpha value is -1.92. The lowest BCUT2D eigenvalue weighted by molar-refractivity contribution is -0.0889.